The van der Waals surface area contributed by atoms with Crippen LogP contribution in [0.25, 0.3) is 0 Å². The van der Waals surface area contributed by atoms with Crippen molar-refractivity contribution >= 4 is 0 Å². The van der Waals surface area contributed by atoms with Gasteiger partial charge in [-0.05, 0) is 31.7 Å². The normalized spacial score (nSPS) is 28.6. The lowest BCUT2D eigenvalue weighted by Gasteiger charge is -2.18. The average molecular weight is 184 g/mol. The molecule has 0 amide bonds. The first-order valence-corrected chi connectivity index (χ1v) is 5.73. The van der Waals surface area contributed by atoms with E-state index in [0.717, 1.165) is 24.5 Å². The molecular formula is C11H24N2. The van der Waals surface area contributed by atoms with Crippen LogP contribution in [0.1, 0.15) is 40.0 Å². The van der Waals surface area contributed by atoms with Gasteiger partial charge in [-0.25, -0.2) is 0 Å². The summed E-state index contributed by atoms with van der Waals surface area (Å²) in [6, 6.07) is 1.44. The summed E-state index contributed by atoms with van der Waals surface area (Å²) in [4.78, 5) is 0. The molecule has 0 aliphatic carbocycles. The summed E-state index contributed by atoms with van der Waals surface area (Å²) in [7, 11) is 0. The maximum Gasteiger partial charge on any atom is 0.0195 e. The molecule has 0 spiro atoms. The van der Waals surface area contributed by atoms with Crippen LogP contribution in [0.4, 0.5) is 0 Å². The van der Waals surface area contributed by atoms with Gasteiger partial charge in [0.25, 0.3) is 0 Å². The molecule has 1 fully saturated rings. The average Bonchev–Trinajstić information content (AvgIpc) is 2.53. The molecule has 1 aliphatic heterocycles. The zero-order valence-electron chi connectivity index (χ0n) is 9.27. The Hall–Kier alpha value is -0.0800. The molecule has 0 saturated carbocycles. The van der Waals surface area contributed by atoms with E-state index in [-0.39, 0.29) is 0 Å². The third-order valence-corrected chi connectivity index (χ3v) is 3.08. The second kappa shape index (κ2) is 5.61. The van der Waals surface area contributed by atoms with Gasteiger partial charge in [0.1, 0.15) is 0 Å². The van der Waals surface area contributed by atoms with Crippen molar-refractivity contribution in [1.82, 2.24) is 10.6 Å². The standard InChI is InChI=1S/C11H24N2/c1-4-10(5-2)13-8-11-6-9(3)7-12-11/h9-13H,4-8H2,1-3H3. The van der Waals surface area contributed by atoms with Gasteiger partial charge in [0.15, 0.2) is 0 Å². The first-order valence-electron chi connectivity index (χ1n) is 5.73. The topological polar surface area (TPSA) is 24.1 Å². The van der Waals surface area contributed by atoms with Gasteiger partial charge in [0, 0.05) is 18.6 Å². The van der Waals surface area contributed by atoms with E-state index in [1.807, 2.05) is 0 Å². The highest BCUT2D eigenvalue weighted by Gasteiger charge is 2.20. The van der Waals surface area contributed by atoms with Crippen LogP contribution in [0.3, 0.4) is 0 Å². The molecule has 2 heteroatoms. The molecule has 13 heavy (non-hydrogen) atoms. The lowest BCUT2D eigenvalue weighted by molar-refractivity contribution is 0.438. The molecule has 2 N–H and O–H groups in total. The van der Waals surface area contributed by atoms with E-state index in [2.05, 4.69) is 31.4 Å². The van der Waals surface area contributed by atoms with Gasteiger partial charge in [0.05, 0.1) is 0 Å². The Kier molecular flexibility index (Phi) is 4.74. The second-order valence-corrected chi connectivity index (χ2v) is 4.37. The minimum absolute atomic E-state index is 0.718. The highest BCUT2D eigenvalue weighted by Crippen LogP contribution is 2.12. The quantitative estimate of drug-likeness (QED) is 0.680. The van der Waals surface area contributed by atoms with Gasteiger partial charge in [0.2, 0.25) is 0 Å². The lowest BCUT2D eigenvalue weighted by atomic mass is 10.1. The predicted octanol–water partition coefficient (Wildman–Crippen LogP) is 1.76. The molecule has 78 valence electrons. The minimum Gasteiger partial charge on any atom is -0.312 e. The summed E-state index contributed by atoms with van der Waals surface area (Å²) in [6.07, 6.45) is 3.84. The summed E-state index contributed by atoms with van der Waals surface area (Å²) in [5.74, 6) is 0.869. The first kappa shape index (κ1) is 11.0. The van der Waals surface area contributed by atoms with Crippen LogP contribution in [0.5, 0.6) is 0 Å². The predicted molar refractivity (Wildman–Crippen MR) is 57.9 cm³/mol. The van der Waals surface area contributed by atoms with E-state index in [9.17, 15) is 0 Å². The van der Waals surface area contributed by atoms with Gasteiger partial charge in [-0.3, -0.25) is 0 Å². The van der Waals surface area contributed by atoms with Crippen LogP contribution in [0.15, 0.2) is 0 Å². The molecule has 2 unspecified atom stereocenters. The zero-order chi connectivity index (χ0) is 9.68. The highest BCUT2D eigenvalue weighted by atomic mass is 15.0. The van der Waals surface area contributed by atoms with E-state index in [1.165, 1.54) is 25.8 Å². The van der Waals surface area contributed by atoms with E-state index in [0.29, 0.717) is 0 Å². The van der Waals surface area contributed by atoms with Crippen LogP contribution < -0.4 is 10.6 Å². The van der Waals surface area contributed by atoms with Gasteiger partial charge in [-0.1, -0.05) is 20.8 Å². The van der Waals surface area contributed by atoms with Crippen molar-refractivity contribution in [2.24, 2.45) is 5.92 Å². The molecule has 0 radical (unpaired) electrons. The molecule has 2 nitrogen and oxygen atoms in total. The Morgan fingerprint density at radius 3 is 2.54 bits per heavy atom. The van der Waals surface area contributed by atoms with Crippen LogP contribution >= 0.6 is 0 Å². The van der Waals surface area contributed by atoms with Gasteiger partial charge < -0.3 is 10.6 Å². The fraction of sp³-hybridized carbons (Fsp3) is 1.00. The maximum absolute atomic E-state index is 3.62. The van der Waals surface area contributed by atoms with Crippen molar-refractivity contribution in [1.29, 1.82) is 0 Å². The fourth-order valence-corrected chi connectivity index (χ4v) is 2.06. The summed E-state index contributed by atoms with van der Waals surface area (Å²) in [5, 5.41) is 7.17. The molecule has 1 saturated heterocycles. The van der Waals surface area contributed by atoms with Gasteiger partial charge >= 0.3 is 0 Å². The lowest BCUT2D eigenvalue weighted by Crippen LogP contribution is -2.39. The Morgan fingerprint density at radius 1 is 1.38 bits per heavy atom. The van der Waals surface area contributed by atoms with E-state index >= 15 is 0 Å². The highest BCUT2D eigenvalue weighted by molar-refractivity contribution is 4.81. The third kappa shape index (κ3) is 3.65. The summed E-state index contributed by atoms with van der Waals surface area (Å²) in [5.41, 5.74) is 0. The van der Waals surface area contributed by atoms with Crippen molar-refractivity contribution in [3.05, 3.63) is 0 Å². The summed E-state index contributed by atoms with van der Waals surface area (Å²) in [6.45, 7) is 9.19. The molecule has 1 heterocycles. The maximum atomic E-state index is 3.62. The van der Waals surface area contributed by atoms with E-state index in [1.54, 1.807) is 0 Å². The molecule has 1 aliphatic rings. The van der Waals surface area contributed by atoms with Gasteiger partial charge in [-0.15, -0.1) is 0 Å². The Balaban J connectivity index is 2.11. The zero-order valence-corrected chi connectivity index (χ0v) is 9.27. The van der Waals surface area contributed by atoms with Crippen molar-refractivity contribution in [3.8, 4) is 0 Å². The van der Waals surface area contributed by atoms with Crippen LogP contribution in [0.2, 0.25) is 0 Å². The monoisotopic (exact) mass is 184 g/mol. The van der Waals surface area contributed by atoms with Crippen LogP contribution in [-0.2, 0) is 0 Å². The fourth-order valence-electron chi connectivity index (χ4n) is 2.06. The van der Waals surface area contributed by atoms with Crippen LogP contribution in [-0.4, -0.2) is 25.2 Å². The van der Waals surface area contributed by atoms with Crippen molar-refractivity contribution in [2.45, 2.75) is 52.1 Å². The molecular weight excluding hydrogens is 160 g/mol. The van der Waals surface area contributed by atoms with Gasteiger partial charge in [-0.2, -0.15) is 0 Å². The molecule has 2 atom stereocenters. The summed E-state index contributed by atoms with van der Waals surface area (Å²) >= 11 is 0. The SMILES string of the molecule is CCC(CC)NCC1CC(C)CN1. The Bertz CT molecular complexity index is 132. The third-order valence-electron chi connectivity index (χ3n) is 3.08. The van der Waals surface area contributed by atoms with Crippen molar-refractivity contribution in [2.75, 3.05) is 13.1 Å². The van der Waals surface area contributed by atoms with Crippen LogP contribution in [0, 0.1) is 5.92 Å². The van der Waals surface area contributed by atoms with E-state index < -0.39 is 0 Å². The molecule has 1 rings (SSSR count). The second-order valence-electron chi connectivity index (χ2n) is 4.37. The van der Waals surface area contributed by atoms with Crippen molar-refractivity contribution in [3.63, 3.8) is 0 Å². The molecule has 0 aromatic carbocycles. The largest absolute Gasteiger partial charge is 0.312 e. The first-order chi connectivity index (χ1) is 6.26. The number of hydrogen-bond donors (Lipinski definition) is 2. The minimum atomic E-state index is 0.718. The number of rotatable bonds is 5. The van der Waals surface area contributed by atoms with Crippen molar-refractivity contribution < 1.29 is 0 Å². The molecule has 0 bridgehead atoms. The number of hydrogen-bond acceptors (Lipinski definition) is 2. The summed E-state index contributed by atoms with van der Waals surface area (Å²) < 4.78 is 0. The van der Waals surface area contributed by atoms with E-state index in [4.69, 9.17) is 0 Å². The Labute approximate surface area is 82.5 Å². The number of nitrogens with one attached hydrogen (secondary N) is 2. The smallest absolute Gasteiger partial charge is 0.0195 e. The molecule has 0 aromatic heterocycles. The molecule has 0 aromatic rings. The Morgan fingerprint density at radius 2 is 2.08 bits per heavy atom.